The highest BCUT2D eigenvalue weighted by Crippen LogP contribution is 2.45. The van der Waals surface area contributed by atoms with Gasteiger partial charge in [0.2, 0.25) is 11.8 Å². The number of nitrogens with one attached hydrogen (secondary N) is 3. The van der Waals surface area contributed by atoms with Gasteiger partial charge < -0.3 is 16.0 Å². The van der Waals surface area contributed by atoms with Gasteiger partial charge in [0.25, 0.3) is 0 Å². The van der Waals surface area contributed by atoms with Gasteiger partial charge in [-0.3, -0.25) is 9.59 Å². The van der Waals surface area contributed by atoms with Crippen LogP contribution in [0.25, 0.3) is 0 Å². The number of anilines is 1. The van der Waals surface area contributed by atoms with E-state index in [1.54, 1.807) is 0 Å². The van der Waals surface area contributed by atoms with Crippen molar-refractivity contribution in [1.29, 1.82) is 0 Å². The Morgan fingerprint density at radius 2 is 1.83 bits per heavy atom. The molecule has 2 fully saturated rings. The Bertz CT molecular complexity index is 871. The fourth-order valence-corrected chi connectivity index (χ4v) is 4.71. The number of carbonyl (C=O) groups is 2. The first-order valence-electron chi connectivity index (χ1n) is 10.2. The summed E-state index contributed by atoms with van der Waals surface area (Å²) in [6.45, 7) is 0.278. The van der Waals surface area contributed by atoms with Crippen molar-refractivity contribution in [1.82, 2.24) is 10.6 Å². The third kappa shape index (κ3) is 4.32. The molecule has 29 heavy (non-hydrogen) atoms. The summed E-state index contributed by atoms with van der Waals surface area (Å²) in [6, 6.07) is 16.3. The normalized spacial score (nSPS) is 25.0. The monoisotopic (exact) mass is 395 g/mol. The van der Waals surface area contributed by atoms with E-state index in [2.05, 4.69) is 28.1 Å². The topological polar surface area (TPSA) is 70.2 Å². The minimum Gasteiger partial charge on any atom is -0.355 e. The zero-order valence-electron chi connectivity index (χ0n) is 16.3. The molecule has 0 aromatic heterocycles. The van der Waals surface area contributed by atoms with Crippen molar-refractivity contribution < 1.29 is 14.0 Å². The van der Waals surface area contributed by atoms with Crippen LogP contribution in [0, 0.1) is 11.2 Å². The van der Waals surface area contributed by atoms with Gasteiger partial charge in [-0.05, 0) is 55.5 Å². The number of hydrogen-bond donors (Lipinski definition) is 3. The quantitative estimate of drug-likeness (QED) is 0.675. The number of rotatable bonds is 7. The van der Waals surface area contributed by atoms with Gasteiger partial charge in [-0.15, -0.1) is 0 Å². The number of fused-ring (bicyclic) bond motifs is 2. The number of benzene rings is 2. The lowest BCUT2D eigenvalue weighted by atomic mass is 9.69. The summed E-state index contributed by atoms with van der Waals surface area (Å²) in [7, 11) is 0. The fourth-order valence-electron chi connectivity index (χ4n) is 4.71. The second-order valence-electron chi connectivity index (χ2n) is 8.08. The maximum atomic E-state index is 13.2. The second kappa shape index (κ2) is 8.33. The molecule has 0 unspecified atom stereocenters. The molecule has 3 N–H and O–H groups in total. The molecule has 2 amide bonds. The summed E-state index contributed by atoms with van der Waals surface area (Å²) in [5.41, 5.74) is 1.24. The zero-order valence-corrected chi connectivity index (χ0v) is 16.3. The van der Waals surface area contributed by atoms with Crippen LogP contribution in [-0.2, 0) is 16.0 Å². The van der Waals surface area contributed by atoms with E-state index in [1.165, 1.54) is 24.3 Å². The Kier molecular flexibility index (Phi) is 5.62. The molecule has 4 rings (SSSR count). The van der Waals surface area contributed by atoms with Crippen LogP contribution in [0.5, 0.6) is 0 Å². The van der Waals surface area contributed by atoms with Crippen LogP contribution < -0.4 is 16.0 Å². The third-order valence-corrected chi connectivity index (χ3v) is 6.10. The van der Waals surface area contributed by atoms with Crippen molar-refractivity contribution in [2.24, 2.45) is 5.41 Å². The second-order valence-corrected chi connectivity index (χ2v) is 8.08. The smallest absolute Gasteiger partial charge is 0.228 e. The number of halogens is 1. The van der Waals surface area contributed by atoms with E-state index in [0.29, 0.717) is 18.2 Å². The van der Waals surface area contributed by atoms with E-state index in [9.17, 15) is 14.0 Å². The Morgan fingerprint density at radius 3 is 2.48 bits per heavy atom. The first-order chi connectivity index (χ1) is 14.0. The van der Waals surface area contributed by atoms with Gasteiger partial charge in [0.1, 0.15) is 5.82 Å². The van der Waals surface area contributed by atoms with Crippen LogP contribution in [0.2, 0.25) is 0 Å². The molecular formula is C23H26FN3O2. The molecule has 2 heterocycles. The van der Waals surface area contributed by atoms with Crippen molar-refractivity contribution in [2.75, 3.05) is 11.9 Å². The number of carbonyl (C=O) groups excluding carboxylic acids is 2. The predicted molar refractivity (Wildman–Crippen MR) is 110 cm³/mol. The summed E-state index contributed by atoms with van der Waals surface area (Å²) >= 11 is 0. The molecule has 0 spiro atoms. The molecular weight excluding hydrogens is 369 g/mol. The van der Waals surface area contributed by atoms with E-state index in [-0.39, 0.29) is 36.6 Å². The maximum absolute atomic E-state index is 13.2. The zero-order chi connectivity index (χ0) is 20.3. The highest BCUT2D eigenvalue weighted by molar-refractivity contribution is 5.91. The summed E-state index contributed by atoms with van der Waals surface area (Å²) in [6.07, 6.45) is 3.84. The highest BCUT2D eigenvalue weighted by atomic mass is 19.1. The average Bonchev–Trinajstić information content (AvgIpc) is 3.32. The van der Waals surface area contributed by atoms with Crippen LogP contribution in [-0.4, -0.2) is 30.4 Å². The van der Waals surface area contributed by atoms with Crippen molar-refractivity contribution in [3.05, 3.63) is 66.0 Å². The van der Waals surface area contributed by atoms with Crippen LogP contribution in [0.1, 0.15) is 31.2 Å². The molecule has 0 saturated carbocycles. The lowest BCUT2D eigenvalue weighted by Gasteiger charge is -2.35. The molecule has 5 nitrogen and oxygen atoms in total. The molecule has 2 aliphatic rings. The maximum Gasteiger partial charge on any atom is 0.228 e. The van der Waals surface area contributed by atoms with Crippen molar-refractivity contribution in [3.8, 4) is 0 Å². The van der Waals surface area contributed by atoms with Gasteiger partial charge >= 0.3 is 0 Å². The van der Waals surface area contributed by atoms with Gasteiger partial charge in [-0.1, -0.05) is 30.3 Å². The lowest BCUT2D eigenvalue weighted by Crippen LogP contribution is -2.50. The first-order valence-corrected chi connectivity index (χ1v) is 10.2. The van der Waals surface area contributed by atoms with Gasteiger partial charge in [-0.25, -0.2) is 4.39 Å². The van der Waals surface area contributed by atoms with Gasteiger partial charge in [0.15, 0.2) is 0 Å². The minimum atomic E-state index is -0.461. The summed E-state index contributed by atoms with van der Waals surface area (Å²) in [5, 5.41) is 9.30. The van der Waals surface area contributed by atoms with Crippen LogP contribution in [0.4, 0.5) is 10.1 Å². The van der Waals surface area contributed by atoms with E-state index in [1.807, 2.05) is 18.2 Å². The predicted octanol–water partition coefficient (Wildman–Crippen LogP) is 3.02. The third-order valence-electron chi connectivity index (χ3n) is 6.10. The molecule has 6 heteroatoms. The molecule has 0 radical (unpaired) electrons. The summed E-state index contributed by atoms with van der Waals surface area (Å²) < 4.78 is 13.0. The Balaban J connectivity index is 1.35. The summed E-state index contributed by atoms with van der Waals surface area (Å²) in [5.74, 6) is -0.533. The average molecular weight is 395 g/mol. The van der Waals surface area contributed by atoms with Gasteiger partial charge in [0, 0.05) is 30.7 Å². The van der Waals surface area contributed by atoms with Crippen LogP contribution >= 0.6 is 0 Å². The van der Waals surface area contributed by atoms with E-state index < -0.39 is 5.41 Å². The standard InChI is InChI=1S/C23H26FN3O2/c24-17-6-8-18(9-7-17)27-21(28)12-13-25-22(29)23(14-16-4-2-1-3-5-16)15-19-10-11-20(23)26-19/h1-9,19-20,26H,10-15H2,(H,25,29)(H,27,28)/t19-,20+,23+/m0/s1. The largest absolute Gasteiger partial charge is 0.355 e. The Labute approximate surface area is 170 Å². The molecule has 2 aromatic carbocycles. The van der Waals surface area contributed by atoms with Gasteiger partial charge in [0.05, 0.1) is 5.41 Å². The molecule has 0 aliphatic carbocycles. The van der Waals surface area contributed by atoms with E-state index >= 15 is 0 Å². The van der Waals surface area contributed by atoms with Crippen molar-refractivity contribution in [3.63, 3.8) is 0 Å². The first kappa shape index (κ1) is 19.6. The number of hydrogen-bond acceptors (Lipinski definition) is 3. The molecule has 3 atom stereocenters. The van der Waals surface area contributed by atoms with Gasteiger partial charge in [-0.2, -0.15) is 0 Å². The molecule has 2 bridgehead atoms. The van der Waals surface area contributed by atoms with Crippen molar-refractivity contribution in [2.45, 2.75) is 44.2 Å². The van der Waals surface area contributed by atoms with E-state index in [0.717, 1.165) is 24.8 Å². The minimum absolute atomic E-state index is 0.0237. The number of amides is 2. The SMILES string of the molecule is O=C(CCNC(=O)[C@]1(Cc2ccccc2)C[C@@H]2CC[C@H]1N2)Nc1ccc(F)cc1. The Morgan fingerprint density at radius 1 is 1.07 bits per heavy atom. The summed E-state index contributed by atoms with van der Waals surface area (Å²) in [4.78, 5) is 25.3. The van der Waals surface area contributed by atoms with Crippen LogP contribution in [0.3, 0.4) is 0 Å². The highest BCUT2D eigenvalue weighted by Gasteiger charge is 2.55. The molecule has 2 saturated heterocycles. The van der Waals surface area contributed by atoms with E-state index in [4.69, 9.17) is 0 Å². The fraction of sp³-hybridized carbons (Fsp3) is 0.391. The van der Waals surface area contributed by atoms with Crippen LogP contribution in [0.15, 0.2) is 54.6 Å². The molecule has 152 valence electrons. The molecule has 2 aromatic rings. The Hall–Kier alpha value is -2.73. The lowest BCUT2D eigenvalue weighted by molar-refractivity contribution is -0.132. The molecule has 2 aliphatic heterocycles. The van der Waals surface area contributed by atoms with Crippen molar-refractivity contribution >= 4 is 17.5 Å².